The van der Waals surface area contributed by atoms with E-state index in [0.717, 1.165) is 25.0 Å². The van der Waals surface area contributed by atoms with E-state index >= 15 is 0 Å². The van der Waals surface area contributed by atoms with Gasteiger partial charge in [0.2, 0.25) is 0 Å². The molecule has 1 aromatic rings. The summed E-state index contributed by atoms with van der Waals surface area (Å²) in [4.78, 5) is 15.0. The molecule has 0 aliphatic heterocycles. The van der Waals surface area contributed by atoms with Gasteiger partial charge in [0, 0.05) is 29.9 Å². The predicted octanol–water partition coefficient (Wildman–Crippen LogP) is 3.27. The van der Waals surface area contributed by atoms with Crippen LogP contribution in [0, 0.1) is 24.0 Å². The van der Waals surface area contributed by atoms with Crippen LogP contribution in [-0.2, 0) is 6.54 Å². The van der Waals surface area contributed by atoms with Gasteiger partial charge in [-0.25, -0.2) is 0 Å². The molecule has 1 atom stereocenters. The van der Waals surface area contributed by atoms with Crippen LogP contribution in [0.25, 0.3) is 0 Å². The zero-order valence-electron chi connectivity index (χ0n) is 12.2. The first-order chi connectivity index (χ1) is 9.01. The third-order valence-corrected chi connectivity index (χ3v) is 3.45. The normalized spacial score (nSPS) is 12.4. The van der Waals surface area contributed by atoms with E-state index in [4.69, 9.17) is 0 Å². The van der Waals surface area contributed by atoms with E-state index in [1.807, 2.05) is 0 Å². The highest BCUT2D eigenvalue weighted by Crippen LogP contribution is 2.24. The minimum atomic E-state index is -0.320. The SMILES string of the molecule is CCCC(CC)NCc1ncc(C)c([N+](=O)[O-])c1C. The molecule has 0 bridgehead atoms. The Morgan fingerprint density at radius 2 is 2.11 bits per heavy atom. The lowest BCUT2D eigenvalue weighted by molar-refractivity contribution is -0.386. The average Bonchev–Trinajstić information content (AvgIpc) is 2.36. The van der Waals surface area contributed by atoms with Crippen molar-refractivity contribution in [1.82, 2.24) is 10.3 Å². The van der Waals surface area contributed by atoms with Crippen molar-refractivity contribution in [1.29, 1.82) is 0 Å². The summed E-state index contributed by atoms with van der Waals surface area (Å²) in [7, 11) is 0. The van der Waals surface area contributed by atoms with E-state index < -0.39 is 0 Å². The molecule has 5 heteroatoms. The molecule has 0 aromatic carbocycles. The average molecular weight is 265 g/mol. The molecule has 19 heavy (non-hydrogen) atoms. The second kappa shape index (κ2) is 7.19. The lowest BCUT2D eigenvalue weighted by Gasteiger charge is -2.16. The van der Waals surface area contributed by atoms with Gasteiger partial charge < -0.3 is 5.32 Å². The van der Waals surface area contributed by atoms with Gasteiger partial charge in [-0.3, -0.25) is 15.1 Å². The van der Waals surface area contributed by atoms with Gasteiger partial charge in [0.25, 0.3) is 5.69 Å². The van der Waals surface area contributed by atoms with Crippen LogP contribution in [0.5, 0.6) is 0 Å². The summed E-state index contributed by atoms with van der Waals surface area (Å²) < 4.78 is 0. The van der Waals surface area contributed by atoms with Crippen LogP contribution in [0.15, 0.2) is 6.20 Å². The predicted molar refractivity (Wildman–Crippen MR) is 76.2 cm³/mol. The smallest absolute Gasteiger partial charge is 0.278 e. The summed E-state index contributed by atoms with van der Waals surface area (Å²) >= 11 is 0. The number of nitrogens with one attached hydrogen (secondary N) is 1. The van der Waals surface area contributed by atoms with Crippen molar-refractivity contribution in [3.05, 3.63) is 33.1 Å². The van der Waals surface area contributed by atoms with Crippen molar-refractivity contribution < 1.29 is 4.92 Å². The van der Waals surface area contributed by atoms with Crippen molar-refractivity contribution in [3.8, 4) is 0 Å². The molecular weight excluding hydrogens is 242 g/mol. The Kier molecular flexibility index (Phi) is 5.89. The molecule has 0 aliphatic carbocycles. The van der Waals surface area contributed by atoms with Gasteiger partial charge in [0.05, 0.1) is 10.6 Å². The van der Waals surface area contributed by atoms with Gasteiger partial charge in [-0.1, -0.05) is 20.3 Å². The highest BCUT2D eigenvalue weighted by molar-refractivity contribution is 5.47. The van der Waals surface area contributed by atoms with Gasteiger partial charge >= 0.3 is 0 Å². The monoisotopic (exact) mass is 265 g/mol. The Balaban J connectivity index is 2.85. The third kappa shape index (κ3) is 3.99. The van der Waals surface area contributed by atoms with Gasteiger partial charge in [-0.05, 0) is 26.7 Å². The summed E-state index contributed by atoms with van der Waals surface area (Å²) in [6.07, 6.45) is 4.89. The van der Waals surface area contributed by atoms with Crippen LogP contribution in [0.2, 0.25) is 0 Å². The van der Waals surface area contributed by atoms with E-state index in [-0.39, 0.29) is 10.6 Å². The highest BCUT2D eigenvalue weighted by atomic mass is 16.6. The second-order valence-electron chi connectivity index (χ2n) is 4.89. The fourth-order valence-corrected chi connectivity index (χ4v) is 2.26. The summed E-state index contributed by atoms with van der Waals surface area (Å²) in [6, 6.07) is 0.451. The molecule has 0 fully saturated rings. The number of hydrogen-bond donors (Lipinski definition) is 1. The number of aryl methyl sites for hydroxylation is 1. The molecule has 1 aromatic heterocycles. The Hall–Kier alpha value is -1.49. The van der Waals surface area contributed by atoms with Gasteiger partial charge in [-0.15, -0.1) is 0 Å². The van der Waals surface area contributed by atoms with Gasteiger partial charge in [0.15, 0.2) is 0 Å². The Labute approximate surface area is 114 Å². The zero-order valence-corrected chi connectivity index (χ0v) is 12.2. The second-order valence-corrected chi connectivity index (χ2v) is 4.89. The van der Waals surface area contributed by atoms with E-state index in [1.165, 1.54) is 0 Å². The van der Waals surface area contributed by atoms with Crippen molar-refractivity contribution in [3.63, 3.8) is 0 Å². The fraction of sp³-hybridized carbons (Fsp3) is 0.643. The van der Waals surface area contributed by atoms with Crippen LogP contribution in [0.1, 0.15) is 49.9 Å². The number of pyridine rings is 1. The largest absolute Gasteiger partial charge is 0.308 e. The number of rotatable bonds is 7. The molecular formula is C14H23N3O2. The van der Waals surface area contributed by atoms with Crippen molar-refractivity contribution in [2.45, 2.75) is 59.5 Å². The minimum Gasteiger partial charge on any atom is -0.308 e. The molecule has 0 radical (unpaired) electrons. The van der Waals surface area contributed by atoms with E-state index in [9.17, 15) is 10.1 Å². The molecule has 106 valence electrons. The molecule has 1 unspecified atom stereocenters. The van der Waals surface area contributed by atoms with Crippen LogP contribution < -0.4 is 5.32 Å². The summed E-state index contributed by atoms with van der Waals surface area (Å²) in [5, 5.41) is 14.5. The van der Waals surface area contributed by atoms with E-state index in [0.29, 0.717) is 23.7 Å². The first kappa shape index (κ1) is 15.6. The van der Waals surface area contributed by atoms with Crippen LogP contribution >= 0.6 is 0 Å². The highest BCUT2D eigenvalue weighted by Gasteiger charge is 2.18. The van der Waals surface area contributed by atoms with Crippen LogP contribution in [0.4, 0.5) is 5.69 Å². The minimum absolute atomic E-state index is 0.190. The fourth-order valence-electron chi connectivity index (χ4n) is 2.26. The van der Waals surface area contributed by atoms with Crippen molar-refractivity contribution >= 4 is 5.69 Å². The van der Waals surface area contributed by atoms with E-state index in [2.05, 4.69) is 24.1 Å². The Bertz CT molecular complexity index is 447. The summed E-state index contributed by atoms with van der Waals surface area (Å²) in [5.41, 5.74) is 2.25. The molecule has 0 aliphatic rings. The number of nitrogens with zero attached hydrogens (tertiary/aromatic N) is 2. The summed E-state index contributed by atoms with van der Waals surface area (Å²) in [6.45, 7) is 8.39. The van der Waals surface area contributed by atoms with Crippen LogP contribution in [-0.4, -0.2) is 15.9 Å². The lowest BCUT2D eigenvalue weighted by atomic mass is 10.1. The summed E-state index contributed by atoms with van der Waals surface area (Å²) in [5.74, 6) is 0. The van der Waals surface area contributed by atoms with Crippen molar-refractivity contribution in [2.75, 3.05) is 0 Å². The van der Waals surface area contributed by atoms with Gasteiger partial charge in [0.1, 0.15) is 0 Å². The molecule has 0 amide bonds. The first-order valence-electron chi connectivity index (χ1n) is 6.84. The number of hydrogen-bond acceptors (Lipinski definition) is 4. The molecule has 1 rings (SSSR count). The molecule has 0 spiro atoms. The molecule has 5 nitrogen and oxygen atoms in total. The standard InChI is InChI=1S/C14H23N3O2/c1-5-7-12(6-2)15-9-13-11(4)14(17(18)19)10(3)8-16-13/h8,12,15H,5-7,9H2,1-4H3. The third-order valence-electron chi connectivity index (χ3n) is 3.45. The van der Waals surface area contributed by atoms with Gasteiger partial charge in [-0.2, -0.15) is 0 Å². The van der Waals surface area contributed by atoms with Crippen molar-refractivity contribution in [2.24, 2.45) is 0 Å². The maximum atomic E-state index is 11.0. The van der Waals surface area contributed by atoms with E-state index in [1.54, 1.807) is 20.0 Å². The van der Waals surface area contributed by atoms with Crippen LogP contribution in [0.3, 0.4) is 0 Å². The molecule has 1 N–H and O–H groups in total. The Morgan fingerprint density at radius 3 is 2.63 bits per heavy atom. The topological polar surface area (TPSA) is 68.1 Å². The quantitative estimate of drug-likeness (QED) is 0.607. The maximum absolute atomic E-state index is 11.0. The lowest BCUT2D eigenvalue weighted by Crippen LogP contribution is -2.28. The number of aromatic nitrogens is 1. The molecule has 1 heterocycles. The molecule has 0 saturated heterocycles. The Morgan fingerprint density at radius 1 is 1.42 bits per heavy atom. The number of nitro groups is 1. The first-order valence-corrected chi connectivity index (χ1v) is 6.84. The maximum Gasteiger partial charge on any atom is 0.278 e. The molecule has 0 saturated carbocycles. The zero-order chi connectivity index (χ0) is 14.4.